The smallest absolute Gasteiger partial charge is 0.271 e. The SMILES string of the molecule is CC1CCCN(CCCCNC(=O)c2ccn(-c3cccc([N+](=O)[O-])c3)n2)C1. The molecular weight excluding hydrogens is 358 g/mol. The van der Waals surface area contributed by atoms with Crippen LogP contribution in [0.4, 0.5) is 5.69 Å². The molecule has 1 atom stereocenters. The van der Waals surface area contributed by atoms with E-state index in [9.17, 15) is 14.9 Å². The number of non-ortho nitro benzene ring substituents is 1. The summed E-state index contributed by atoms with van der Waals surface area (Å²) in [5.41, 5.74) is 0.836. The Balaban J connectivity index is 1.44. The minimum atomic E-state index is -0.453. The number of benzene rings is 1. The van der Waals surface area contributed by atoms with Crippen LogP contribution in [0.5, 0.6) is 0 Å². The Hall–Kier alpha value is -2.74. The van der Waals surface area contributed by atoms with Crippen molar-refractivity contribution in [3.63, 3.8) is 0 Å². The molecule has 1 aliphatic heterocycles. The van der Waals surface area contributed by atoms with Crippen molar-refractivity contribution in [1.29, 1.82) is 0 Å². The largest absolute Gasteiger partial charge is 0.351 e. The van der Waals surface area contributed by atoms with E-state index in [1.54, 1.807) is 24.4 Å². The van der Waals surface area contributed by atoms with E-state index >= 15 is 0 Å². The van der Waals surface area contributed by atoms with Crippen molar-refractivity contribution >= 4 is 11.6 Å². The van der Waals surface area contributed by atoms with Crippen LogP contribution >= 0.6 is 0 Å². The number of rotatable bonds is 8. The van der Waals surface area contributed by atoms with Crippen molar-refractivity contribution in [3.8, 4) is 5.69 Å². The Morgan fingerprint density at radius 2 is 2.21 bits per heavy atom. The lowest BCUT2D eigenvalue weighted by Crippen LogP contribution is -2.35. The first kappa shape index (κ1) is 20.0. The summed E-state index contributed by atoms with van der Waals surface area (Å²) < 4.78 is 1.47. The number of likely N-dealkylation sites (tertiary alicyclic amines) is 1. The number of nitro benzene ring substituents is 1. The van der Waals surface area contributed by atoms with Crippen molar-refractivity contribution in [3.05, 3.63) is 52.3 Å². The number of hydrogen-bond donors (Lipinski definition) is 1. The summed E-state index contributed by atoms with van der Waals surface area (Å²) in [6.07, 6.45) is 6.24. The van der Waals surface area contributed by atoms with Crippen LogP contribution in [-0.2, 0) is 0 Å². The summed E-state index contributed by atoms with van der Waals surface area (Å²) in [5, 5.41) is 18.0. The van der Waals surface area contributed by atoms with Gasteiger partial charge in [0.15, 0.2) is 5.69 Å². The van der Waals surface area contributed by atoms with E-state index in [1.165, 1.54) is 42.7 Å². The van der Waals surface area contributed by atoms with E-state index < -0.39 is 4.92 Å². The number of unbranched alkanes of at least 4 members (excludes halogenated alkanes) is 1. The van der Waals surface area contributed by atoms with Crippen LogP contribution in [0.1, 0.15) is 43.1 Å². The van der Waals surface area contributed by atoms with Crippen LogP contribution in [-0.4, -0.2) is 51.7 Å². The first-order chi connectivity index (χ1) is 13.5. The van der Waals surface area contributed by atoms with Crippen LogP contribution in [0.2, 0.25) is 0 Å². The van der Waals surface area contributed by atoms with Gasteiger partial charge in [-0.15, -0.1) is 0 Å². The van der Waals surface area contributed by atoms with E-state index in [0.717, 1.165) is 25.3 Å². The number of amides is 1. The molecule has 1 aliphatic rings. The molecule has 0 spiro atoms. The molecule has 0 saturated carbocycles. The Morgan fingerprint density at radius 1 is 1.36 bits per heavy atom. The van der Waals surface area contributed by atoms with Crippen molar-refractivity contribution in [2.75, 3.05) is 26.2 Å². The number of nitrogens with one attached hydrogen (secondary N) is 1. The third-order valence-corrected chi connectivity index (χ3v) is 5.05. The van der Waals surface area contributed by atoms with Gasteiger partial charge in [-0.25, -0.2) is 4.68 Å². The normalized spacial score (nSPS) is 17.4. The molecule has 28 heavy (non-hydrogen) atoms. The molecule has 1 aromatic heterocycles. The molecule has 1 aromatic carbocycles. The topological polar surface area (TPSA) is 93.3 Å². The molecule has 0 bridgehead atoms. The monoisotopic (exact) mass is 385 g/mol. The van der Waals surface area contributed by atoms with Crippen LogP contribution in [0, 0.1) is 16.0 Å². The lowest BCUT2D eigenvalue weighted by molar-refractivity contribution is -0.384. The first-order valence-electron chi connectivity index (χ1n) is 9.84. The second-order valence-electron chi connectivity index (χ2n) is 7.43. The summed E-state index contributed by atoms with van der Waals surface area (Å²) in [6.45, 7) is 6.37. The molecule has 8 nitrogen and oxygen atoms in total. The van der Waals surface area contributed by atoms with Gasteiger partial charge < -0.3 is 10.2 Å². The number of hydrogen-bond acceptors (Lipinski definition) is 5. The molecule has 2 aromatic rings. The molecule has 150 valence electrons. The number of carbonyl (C=O) groups excluding carboxylic acids is 1. The van der Waals surface area contributed by atoms with Gasteiger partial charge in [-0.3, -0.25) is 14.9 Å². The quantitative estimate of drug-likeness (QED) is 0.428. The van der Waals surface area contributed by atoms with Crippen LogP contribution in [0.15, 0.2) is 36.5 Å². The van der Waals surface area contributed by atoms with E-state index in [-0.39, 0.29) is 11.6 Å². The molecule has 1 fully saturated rings. The number of nitro groups is 1. The molecule has 1 N–H and O–H groups in total. The summed E-state index contributed by atoms with van der Waals surface area (Å²) in [6, 6.07) is 7.77. The van der Waals surface area contributed by atoms with Crippen LogP contribution in [0.3, 0.4) is 0 Å². The summed E-state index contributed by atoms with van der Waals surface area (Å²) >= 11 is 0. The van der Waals surface area contributed by atoms with Gasteiger partial charge in [-0.1, -0.05) is 13.0 Å². The Morgan fingerprint density at radius 3 is 3.00 bits per heavy atom. The van der Waals surface area contributed by atoms with E-state index in [0.29, 0.717) is 17.9 Å². The van der Waals surface area contributed by atoms with E-state index in [4.69, 9.17) is 0 Å². The predicted molar refractivity (Wildman–Crippen MR) is 107 cm³/mol. The molecule has 0 radical (unpaired) electrons. The molecule has 0 aliphatic carbocycles. The van der Waals surface area contributed by atoms with Crippen molar-refractivity contribution in [2.45, 2.75) is 32.6 Å². The van der Waals surface area contributed by atoms with Gasteiger partial charge in [0.25, 0.3) is 11.6 Å². The number of carbonyl (C=O) groups is 1. The van der Waals surface area contributed by atoms with Gasteiger partial charge in [0.05, 0.1) is 10.6 Å². The lowest BCUT2D eigenvalue weighted by atomic mass is 10.0. The van der Waals surface area contributed by atoms with Crippen LogP contribution < -0.4 is 5.32 Å². The minimum Gasteiger partial charge on any atom is -0.351 e. The molecule has 2 heterocycles. The summed E-state index contributed by atoms with van der Waals surface area (Å²) in [4.78, 5) is 25.2. The molecule has 1 saturated heterocycles. The second kappa shape index (κ2) is 9.45. The fourth-order valence-corrected chi connectivity index (χ4v) is 3.58. The highest BCUT2D eigenvalue weighted by Gasteiger charge is 2.15. The minimum absolute atomic E-state index is 0.0119. The first-order valence-corrected chi connectivity index (χ1v) is 9.84. The van der Waals surface area contributed by atoms with Crippen molar-refractivity contribution in [2.24, 2.45) is 5.92 Å². The fourth-order valence-electron chi connectivity index (χ4n) is 3.58. The van der Waals surface area contributed by atoms with Crippen molar-refractivity contribution in [1.82, 2.24) is 20.0 Å². The maximum atomic E-state index is 12.3. The number of piperidine rings is 1. The maximum absolute atomic E-state index is 12.3. The average Bonchev–Trinajstić information content (AvgIpc) is 3.18. The third-order valence-electron chi connectivity index (χ3n) is 5.05. The predicted octanol–water partition coefficient (Wildman–Crippen LogP) is 3.02. The summed E-state index contributed by atoms with van der Waals surface area (Å²) in [5.74, 6) is 0.561. The lowest BCUT2D eigenvalue weighted by Gasteiger charge is -2.30. The highest BCUT2D eigenvalue weighted by Crippen LogP contribution is 2.17. The maximum Gasteiger partial charge on any atom is 0.271 e. The standard InChI is InChI=1S/C20H27N5O3/c1-16-6-5-12-23(15-16)11-3-2-10-21-20(26)19-9-13-24(22-19)17-7-4-8-18(14-17)25(27)28/h4,7-9,13-14,16H,2-3,5-6,10-12,15H2,1H3,(H,21,26). The van der Waals surface area contributed by atoms with Crippen molar-refractivity contribution < 1.29 is 9.72 Å². The van der Waals surface area contributed by atoms with Gasteiger partial charge in [0, 0.05) is 31.4 Å². The summed E-state index contributed by atoms with van der Waals surface area (Å²) in [7, 11) is 0. The van der Waals surface area contributed by atoms with Crippen LogP contribution in [0.25, 0.3) is 5.69 Å². The highest BCUT2D eigenvalue weighted by atomic mass is 16.6. The van der Waals surface area contributed by atoms with Gasteiger partial charge in [-0.05, 0) is 56.8 Å². The van der Waals surface area contributed by atoms with Gasteiger partial charge in [0.1, 0.15) is 0 Å². The fraction of sp³-hybridized carbons (Fsp3) is 0.500. The zero-order chi connectivity index (χ0) is 19.9. The van der Waals surface area contributed by atoms with Gasteiger partial charge in [-0.2, -0.15) is 5.10 Å². The zero-order valence-corrected chi connectivity index (χ0v) is 16.2. The average molecular weight is 385 g/mol. The molecule has 3 rings (SSSR count). The van der Waals surface area contributed by atoms with Gasteiger partial charge in [0.2, 0.25) is 0 Å². The zero-order valence-electron chi connectivity index (χ0n) is 16.2. The van der Waals surface area contributed by atoms with E-state index in [1.807, 2.05) is 0 Å². The number of aromatic nitrogens is 2. The van der Waals surface area contributed by atoms with Gasteiger partial charge >= 0.3 is 0 Å². The molecule has 1 amide bonds. The Labute approximate surface area is 164 Å². The third kappa shape index (κ3) is 5.39. The molecule has 8 heteroatoms. The second-order valence-corrected chi connectivity index (χ2v) is 7.43. The molecular formula is C20H27N5O3. The Kier molecular flexibility index (Phi) is 6.76. The van der Waals surface area contributed by atoms with E-state index in [2.05, 4.69) is 22.2 Å². The number of nitrogens with zero attached hydrogens (tertiary/aromatic N) is 4. The Bertz CT molecular complexity index is 820. The highest BCUT2D eigenvalue weighted by molar-refractivity contribution is 5.92. The molecule has 1 unspecified atom stereocenters.